The number of nitrogens with one attached hydrogen (secondary N) is 2. The van der Waals surface area contributed by atoms with Crippen LogP contribution >= 0.6 is 0 Å². The number of anilines is 1. The molecule has 3 aromatic rings. The Hall–Kier alpha value is -2.99. The number of benzene rings is 1. The molecule has 2 saturated heterocycles. The summed E-state index contributed by atoms with van der Waals surface area (Å²) in [6, 6.07) is 2.77. The SMILES string of the molecule is O=CC1(c2ccc3[nH]c(C(Nc4noc(C5CCOCC5)n4)C4CCC(F)(F)CC4)nc3c2F)CCOCC1. The Morgan fingerprint density at radius 3 is 2.44 bits per heavy atom. The molecule has 0 spiro atoms. The zero-order valence-electron chi connectivity index (χ0n) is 21.6. The van der Waals surface area contributed by atoms with Crippen LogP contribution in [0.4, 0.5) is 19.1 Å². The summed E-state index contributed by atoms with van der Waals surface area (Å²) in [6.07, 6.45) is 3.20. The summed E-state index contributed by atoms with van der Waals surface area (Å²) in [6.45, 7) is 2.00. The second-order valence-electron chi connectivity index (χ2n) is 11.0. The van der Waals surface area contributed by atoms with Gasteiger partial charge in [-0.25, -0.2) is 18.2 Å². The minimum atomic E-state index is -2.70. The predicted octanol–water partition coefficient (Wildman–Crippen LogP) is 5.20. The fraction of sp³-hybridized carbons (Fsp3) is 0.630. The molecule has 6 rings (SSSR count). The van der Waals surface area contributed by atoms with E-state index in [4.69, 9.17) is 14.0 Å². The topological polar surface area (TPSA) is 115 Å². The smallest absolute Gasteiger partial charge is 0.264 e. The van der Waals surface area contributed by atoms with Crippen LogP contribution in [0.2, 0.25) is 0 Å². The molecule has 3 aliphatic rings. The number of ether oxygens (including phenoxy) is 2. The quantitative estimate of drug-likeness (QED) is 0.388. The first-order valence-electron chi connectivity index (χ1n) is 13.7. The van der Waals surface area contributed by atoms with Gasteiger partial charge >= 0.3 is 0 Å². The van der Waals surface area contributed by atoms with Crippen molar-refractivity contribution in [1.29, 1.82) is 0 Å². The molecule has 210 valence electrons. The largest absolute Gasteiger partial charge is 0.381 e. The Kier molecular flexibility index (Phi) is 7.09. The number of alkyl halides is 2. The summed E-state index contributed by atoms with van der Waals surface area (Å²) in [5, 5.41) is 7.34. The zero-order chi connectivity index (χ0) is 27.0. The highest BCUT2D eigenvalue weighted by molar-refractivity contribution is 5.80. The van der Waals surface area contributed by atoms with Crippen LogP contribution in [-0.4, -0.2) is 58.7 Å². The fourth-order valence-electron chi connectivity index (χ4n) is 6.13. The standard InChI is InChI=1S/C27H32F3N5O4/c28-20-18(26(15-36)9-13-38-14-10-26)1-2-19-22(20)32-23(31-19)21(16-3-7-27(29,30)8-4-16)33-25-34-24(39-35-25)17-5-11-37-12-6-17/h1-2,15-17,21H,3-14H2,(H,31,32)(H,33,35). The van der Waals surface area contributed by atoms with Gasteiger partial charge in [-0.1, -0.05) is 6.07 Å². The molecule has 1 atom stereocenters. The fourth-order valence-corrected chi connectivity index (χ4v) is 6.13. The van der Waals surface area contributed by atoms with Gasteiger partial charge in [-0.05, 0) is 55.7 Å². The van der Waals surface area contributed by atoms with Gasteiger partial charge < -0.3 is 29.1 Å². The molecule has 2 aromatic heterocycles. The van der Waals surface area contributed by atoms with Gasteiger partial charge in [0.05, 0.1) is 17.0 Å². The van der Waals surface area contributed by atoms with Crippen LogP contribution in [0.3, 0.4) is 0 Å². The number of H-pyrrole nitrogens is 1. The number of hydrogen-bond donors (Lipinski definition) is 2. The normalized spacial score (nSPS) is 23.1. The molecule has 0 amide bonds. The summed E-state index contributed by atoms with van der Waals surface area (Å²) >= 11 is 0. The number of hydrogen-bond acceptors (Lipinski definition) is 8. The van der Waals surface area contributed by atoms with Crippen molar-refractivity contribution in [2.45, 2.75) is 74.7 Å². The number of rotatable bonds is 7. The van der Waals surface area contributed by atoms with Crippen LogP contribution in [0.5, 0.6) is 0 Å². The van der Waals surface area contributed by atoms with E-state index in [0.29, 0.717) is 62.1 Å². The Labute approximate surface area is 223 Å². The third-order valence-corrected chi connectivity index (χ3v) is 8.58. The van der Waals surface area contributed by atoms with E-state index in [1.807, 2.05) is 0 Å². The third-order valence-electron chi connectivity index (χ3n) is 8.58. The van der Waals surface area contributed by atoms with Crippen LogP contribution in [0, 0.1) is 11.7 Å². The molecular formula is C27H32F3N5O4. The second-order valence-corrected chi connectivity index (χ2v) is 11.0. The summed E-state index contributed by atoms with van der Waals surface area (Å²) in [4.78, 5) is 24.4. The average molecular weight is 548 g/mol. The Balaban J connectivity index is 1.33. The molecule has 1 aliphatic carbocycles. The molecule has 1 aromatic carbocycles. The van der Waals surface area contributed by atoms with E-state index in [1.54, 1.807) is 12.1 Å². The summed E-state index contributed by atoms with van der Waals surface area (Å²) < 4.78 is 60.2. The van der Waals surface area contributed by atoms with Crippen molar-refractivity contribution < 1.29 is 32.0 Å². The van der Waals surface area contributed by atoms with Gasteiger partial charge in [0.1, 0.15) is 17.6 Å². The van der Waals surface area contributed by atoms with Gasteiger partial charge in [0, 0.05) is 50.8 Å². The van der Waals surface area contributed by atoms with Gasteiger partial charge in [0.2, 0.25) is 11.8 Å². The number of carbonyl (C=O) groups excluding carboxylic acids is 1. The monoisotopic (exact) mass is 547 g/mol. The number of carbonyl (C=O) groups is 1. The highest BCUT2D eigenvalue weighted by Gasteiger charge is 2.41. The Morgan fingerprint density at radius 2 is 1.72 bits per heavy atom. The second kappa shape index (κ2) is 10.5. The first kappa shape index (κ1) is 26.2. The molecule has 0 radical (unpaired) electrons. The number of imidazole rings is 1. The van der Waals surface area contributed by atoms with E-state index in [0.717, 1.165) is 19.1 Å². The average Bonchev–Trinajstić information content (AvgIpc) is 3.61. The van der Waals surface area contributed by atoms with Crippen LogP contribution in [-0.2, 0) is 19.7 Å². The number of fused-ring (bicyclic) bond motifs is 1. The molecule has 4 heterocycles. The molecule has 1 unspecified atom stereocenters. The van der Waals surface area contributed by atoms with E-state index in [9.17, 15) is 13.6 Å². The van der Waals surface area contributed by atoms with Gasteiger partial charge in [-0.2, -0.15) is 4.98 Å². The number of aromatic amines is 1. The van der Waals surface area contributed by atoms with Crippen molar-refractivity contribution in [1.82, 2.24) is 20.1 Å². The van der Waals surface area contributed by atoms with E-state index < -0.39 is 23.2 Å². The summed E-state index contributed by atoms with van der Waals surface area (Å²) in [7, 11) is 0. The molecule has 2 aliphatic heterocycles. The highest BCUT2D eigenvalue weighted by atomic mass is 19.3. The van der Waals surface area contributed by atoms with Crippen molar-refractivity contribution >= 4 is 23.3 Å². The number of aromatic nitrogens is 4. The molecule has 2 N–H and O–H groups in total. The van der Waals surface area contributed by atoms with Gasteiger partial charge in [-0.15, -0.1) is 0 Å². The number of nitrogens with zero attached hydrogens (tertiary/aromatic N) is 3. The minimum Gasteiger partial charge on any atom is -0.381 e. The lowest BCUT2D eigenvalue weighted by Gasteiger charge is -2.33. The van der Waals surface area contributed by atoms with Crippen LogP contribution in [0.1, 0.15) is 80.6 Å². The van der Waals surface area contributed by atoms with E-state index >= 15 is 4.39 Å². The predicted molar refractivity (Wildman–Crippen MR) is 134 cm³/mol. The van der Waals surface area contributed by atoms with E-state index in [-0.39, 0.29) is 49.0 Å². The van der Waals surface area contributed by atoms with Gasteiger partial charge in [0.15, 0.2) is 5.82 Å². The first-order valence-corrected chi connectivity index (χ1v) is 13.7. The highest BCUT2D eigenvalue weighted by Crippen LogP contribution is 2.43. The number of aldehydes is 1. The first-order chi connectivity index (χ1) is 18.9. The molecule has 0 bridgehead atoms. The van der Waals surface area contributed by atoms with Gasteiger partial charge in [0.25, 0.3) is 5.95 Å². The lowest BCUT2D eigenvalue weighted by Crippen LogP contribution is -2.36. The molecule has 1 saturated carbocycles. The molecule has 39 heavy (non-hydrogen) atoms. The molecule has 9 nitrogen and oxygen atoms in total. The van der Waals surface area contributed by atoms with Crippen molar-refractivity contribution in [3.63, 3.8) is 0 Å². The number of halogens is 3. The van der Waals surface area contributed by atoms with Crippen molar-refractivity contribution in [2.24, 2.45) is 5.92 Å². The van der Waals surface area contributed by atoms with Crippen molar-refractivity contribution in [2.75, 3.05) is 31.7 Å². The molecule has 3 fully saturated rings. The van der Waals surface area contributed by atoms with Crippen LogP contribution in [0.25, 0.3) is 11.0 Å². The van der Waals surface area contributed by atoms with Gasteiger partial charge in [-0.3, -0.25) is 0 Å². The summed E-state index contributed by atoms with van der Waals surface area (Å²) in [5.41, 5.74) is -0.0946. The lowest BCUT2D eigenvalue weighted by atomic mass is 9.75. The zero-order valence-corrected chi connectivity index (χ0v) is 21.6. The lowest BCUT2D eigenvalue weighted by molar-refractivity contribution is -0.116. The molecule has 12 heteroatoms. The maximum absolute atomic E-state index is 15.9. The third kappa shape index (κ3) is 5.16. The minimum absolute atomic E-state index is 0.0997. The molecular weight excluding hydrogens is 515 g/mol. The Bertz CT molecular complexity index is 1310. The maximum atomic E-state index is 15.9. The van der Waals surface area contributed by atoms with Crippen molar-refractivity contribution in [3.05, 3.63) is 35.2 Å². The Morgan fingerprint density at radius 1 is 1.00 bits per heavy atom. The van der Waals surface area contributed by atoms with Crippen molar-refractivity contribution in [3.8, 4) is 0 Å². The van der Waals surface area contributed by atoms with E-state index in [1.165, 1.54) is 0 Å². The van der Waals surface area contributed by atoms with Crippen LogP contribution in [0.15, 0.2) is 16.7 Å². The summed E-state index contributed by atoms with van der Waals surface area (Å²) in [5.74, 6) is -2.23. The van der Waals surface area contributed by atoms with Crippen LogP contribution < -0.4 is 5.32 Å². The van der Waals surface area contributed by atoms with E-state index in [2.05, 4.69) is 25.4 Å². The maximum Gasteiger partial charge on any atom is 0.264 e.